The lowest BCUT2D eigenvalue weighted by Crippen LogP contribution is -2.51. The lowest BCUT2D eigenvalue weighted by Gasteiger charge is -2.42. The SMILES string of the molecule is CNCC1(C(=O)N(C)Cc2sccc2C)CCC1. The molecule has 1 saturated carbocycles. The summed E-state index contributed by atoms with van der Waals surface area (Å²) < 4.78 is 0. The van der Waals surface area contributed by atoms with Crippen LogP contribution in [0.1, 0.15) is 29.7 Å². The second kappa shape index (κ2) is 5.41. The molecule has 1 N–H and O–H groups in total. The van der Waals surface area contributed by atoms with Crippen molar-refractivity contribution in [1.82, 2.24) is 10.2 Å². The fourth-order valence-corrected chi connectivity index (χ4v) is 3.62. The van der Waals surface area contributed by atoms with E-state index in [0.29, 0.717) is 5.91 Å². The van der Waals surface area contributed by atoms with Crippen LogP contribution in [-0.2, 0) is 11.3 Å². The molecule has 2 rings (SSSR count). The lowest BCUT2D eigenvalue weighted by molar-refractivity contribution is -0.146. The molecule has 0 unspecified atom stereocenters. The molecule has 1 aliphatic carbocycles. The predicted molar refractivity (Wildman–Crippen MR) is 75.7 cm³/mol. The van der Waals surface area contributed by atoms with Gasteiger partial charge in [-0.25, -0.2) is 0 Å². The zero-order valence-corrected chi connectivity index (χ0v) is 12.3. The molecule has 4 heteroatoms. The molecule has 0 radical (unpaired) electrons. The highest BCUT2D eigenvalue weighted by Crippen LogP contribution is 2.42. The van der Waals surface area contributed by atoms with Crippen LogP contribution < -0.4 is 5.32 Å². The predicted octanol–water partition coefficient (Wildman–Crippen LogP) is 2.40. The standard InChI is InChI=1S/C14H22N2OS/c1-11-5-8-18-12(11)9-16(3)13(17)14(10-15-2)6-4-7-14/h5,8,15H,4,6-7,9-10H2,1-3H3. The third kappa shape index (κ3) is 2.45. The number of carbonyl (C=O) groups excluding carboxylic acids is 1. The molecule has 1 aliphatic rings. The fourth-order valence-electron chi connectivity index (χ4n) is 2.67. The van der Waals surface area contributed by atoms with Gasteiger partial charge in [-0.05, 0) is 43.8 Å². The molecule has 1 aromatic rings. The number of hydrogen-bond acceptors (Lipinski definition) is 3. The van der Waals surface area contributed by atoms with Gasteiger partial charge in [-0.15, -0.1) is 11.3 Å². The zero-order valence-electron chi connectivity index (χ0n) is 11.5. The molecule has 0 saturated heterocycles. The minimum Gasteiger partial charge on any atom is -0.340 e. The smallest absolute Gasteiger partial charge is 0.230 e. The molecule has 0 bridgehead atoms. The van der Waals surface area contributed by atoms with Gasteiger partial charge in [0.25, 0.3) is 0 Å². The number of thiophene rings is 1. The summed E-state index contributed by atoms with van der Waals surface area (Å²) >= 11 is 1.74. The van der Waals surface area contributed by atoms with Crippen LogP contribution in [0.4, 0.5) is 0 Å². The summed E-state index contributed by atoms with van der Waals surface area (Å²) in [7, 11) is 3.86. The van der Waals surface area contributed by atoms with Crippen molar-refractivity contribution in [3.05, 3.63) is 21.9 Å². The summed E-state index contributed by atoms with van der Waals surface area (Å²) in [6.07, 6.45) is 3.24. The number of carbonyl (C=O) groups is 1. The van der Waals surface area contributed by atoms with Gasteiger partial charge in [-0.2, -0.15) is 0 Å². The minimum absolute atomic E-state index is 0.130. The molecule has 1 amide bonds. The second-order valence-corrected chi connectivity index (χ2v) is 6.35. The Bertz CT molecular complexity index is 423. The van der Waals surface area contributed by atoms with Gasteiger partial charge in [0, 0.05) is 18.5 Å². The Morgan fingerprint density at radius 1 is 1.56 bits per heavy atom. The number of rotatable bonds is 5. The molecule has 1 heterocycles. The highest BCUT2D eigenvalue weighted by atomic mass is 32.1. The lowest BCUT2D eigenvalue weighted by atomic mass is 9.67. The Kier molecular flexibility index (Phi) is 4.07. The average Bonchev–Trinajstić information content (AvgIpc) is 2.69. The Balaban J connectivity index is 2.02. The van der Waals surface area contributed by atoms with Gasteiger partial charge in [-0.3, -0.25) is 4.79 Å². The van der Waals surface area contributed by atoms with Crippen LogP contribution in [0.2, 0.25) is 0 Å². The van der Waals surface area contributed by atoms with E-state index in [1.54, 1.807) is 11.3 Å². The molecule has 100 valence electrons. The Labute approximate surface area is 113 Å². The van der Waals surface area contributed by atoms with Gasteiger partial charge >= 0.3 is 0 Å². The van der Waals surface area contributed by atoms with Gasteiger partial charge in [0.15, 0.2) is 0 Å². The van der Waals surface area contributed by atoms with Crippen molar-refractivity contribution >= 4 is 17.2 Å². The van der Waals surface area contributed by atoms with E-state index in [4.69, 9.17) is 0 Å². The van der Waals surface area contributed by atoms with Crippen LogP contribution in [0.3, 0.4) is 0 Å². The second-order valence-electron chi connectivity index (χ2n) is 5.35. The van der Waals surface area contributed by atoms with Gasteiger partial charge in [-0.1, -0.05) is 6.42 Å². The Hall–Kier alpha value is -0.870. The minimum atomic E-state index is -0.130. The fraction of sp³-hybridized carbons (Fsp3) is 0.643. The first-order valence-electron chi connectivity index (χ1n) is 6.52. The quantitative estimate of drug-likeness (QED) is 0.887. The highest BCUT2D eigenvalue weighted by molar-refractivity contribution is 7.10. The van der Waals surface area contributed by atoms with E-state index in [1.807, 2.05) is 19.0 Å². The maximum Gasteiger partial charge on any atom is 0.230 e. The number of nitrogens with one attached hydrogen (secondary N) is 1. The van der Waals surface area contributed by atoms with E-state index >= 15 is 0 Å². The molecule has 3 nitrogen and oxygen atoms in total. The van der Waals surface area contributed by atoms with Crippen LogP contribution in [0.15, 0.2) is 11.4 Å². The van der Waals surface area contributed by atoms with Gasteiger partial charge in [0.2, 0.25) is 5.91 Å². The highest BCUT2D eigenvalue weighted by Gasteiger charge is 2.44. The molecule has 0 aliphatic heterocycles. The third-order valence-corrected chi connectivity index (χ3v) is 4.98. The van der Waals surface area contributed by atoms with Crippen LogP contribution >= 0.6 is 11.3 Å². The van der Waals surface area contributed by atoms with Crippen molar-refractivity contribution in [2.24, 2.45) is 5.41 Å². The molecule has 0 atom stereocenters. The van der Waals surface area contributed by atoms with E-state index in [1.165, 1.54) is 16.9 Å². The van der Waals surface area contributed by atoms with Crippen LogP contribution in [0.5, 0.6) is 0 Å². The summed E-state index contributed by atoms with van der Waals surface area (Å²) in [6, 6.07) is 2.12. The monoisotopic (exact) mass is 266 g/mol. The third-order valence-electron chi connectivity index (χ3n) is 3.98. The van der Waals surface area contributed by atoms with Crippen LogP contribution in [-0.4, -0.2) is 31.4 Å². The topological polar surface area (TPSA) is 32.3 Å². The average molecular weight is 266 g/mol. The zero-order chi connectivity index (χ0) is 13.2. The number of hydrogen-bond donors (Lipinski definition) is 1. The molecule has 18 heavy (non-hydrogen) atoms. The summed E-state index contributed by atoms with van der Waals surface area (Å²) in [5.41, 5.74) is 1.16. The molecule has 0 aromatic carbocycles. The summed E-state index contributed by atoms with van der Waals surface area (Å²) in [5.74, 6) is 0.302. The Morgan fingerprint density at radius 2 is 2.28 bits per heavy atom. The van der Waals surface area contributed by atoms with E-state index < -0.39 is 0 Å². The molecular formula is C14H22N2OS. The maximum atomic E-state index is 12.6. The normalized spacial score (nSPS) is 17.3. The summed E-state index contributed by atoms with van der Waals surface area (Å²) in [4.78, 5) is 15.8. The molecule has 1 aromatic heterocycles. The van der Waals surface area contributed by atoms with Crippen molar-refractivity contribution < 1.29 is 4.79 Å². The summed E-state index contributed by atoms with van der Waals surface area (Å²) in [6.45, 7) is 3.66. The van der Waals surface area contributed by atoms with Crippen molar-refractivity contribution in [2.75, 3.05) is 20.6 Å². The van der Waals surface area contributed by atoms with Gasteiger partial charge in [0.05, 0.1) is 12.0 Å². The number of aryl methyl sites for hydroxylation is 1. The van der Waals surface area contributed by atoms with Gasteiger partial charge < -0.3 is 10.2 Å². The van der Waals surface area contributed by atoms with E-state index in [9.17, 15) is 4.79 Å². The van der Waals surface area contributed by atoms with Crippen LogP contribution in [0.25, 0.3) is 0 Å². The first-order chi connectivity index (χ1) is 8.59. The largest absolute Gasteiger partial charge is 0.340 e. The number of nitrogens with zero attached hydrogens (tertiary/aromatic N) is 1. The maximum absolute atomic E-state index is 12.6. The first-order valence-corrected chi connectivity index (χ1v) is 7.40. The first kappa shape index (κ1) is 13.6. The summed E-state index contributed by atoms with van der Waals surface area (Å²) in [5, 5.41) is 5.26. The van der Waals surface area contributed by atoms with Crippen molar-refractivity contribution in [3.8, 4) is 0 Å². The van der Waals surface area contributed by atoms with E-state index in [2.05, 4.69) is 23.7 Å². The molecule has 0 spiro atoms. The van der Waals surface area contributed by atoms with Crippen molar-refractivity contribution in [3.63, 3.8) is 0 Å². The molecule has 1 fully saturated rings. The number of amides is 1. The van der Waals surface area contributed by atoms with Crippen molar-refractivity contribution in [2.45, 2.75) is 32.7 Å². The van der Waals surface area contributed by atoms with E-state index in [0.717, 1.165) is 25.9 Å². The van der Waals surface area contributed by atoms with Crippen LogP contribution in [0, 0.1) is 12.3 Å². The van der Waals surface area contributed by atoms with E-state index in [-0.39, 0.29) is 5.41 Å². The van der Waals surface area contributed by atoms with Gasteiger partial charge in [0.1, 0.15) is 0 Å². The molecular weight excluding hydrogens is 244 g/mol. The Morgan fingerprint density at radius 3 is 2.72 bits per heavy atom. The van der Waals surface area contributed by atoms with Crippen molar-refractivity contribution in [1.29, 1.82) is 0 Å².